The van der Waals surface area contributed by atoms with Crippen LogP contribution in [0.4, 0.5) is 0 Å². The lowest BCUT2D eigenvalue weighted by molar-refractivity contribution is -0.107. The average molecular weight is 446 g/mol. The molecule has 2 aliphatic rings. The van der Waals surface area contributed by atoms with Crippen LogP contribution < -0.4 is 5.32 Å². The van der Waals surface area contributed by atoms with E-state index in [4.69, 9.17) is 9.73 Å². The van der Waals surface area contributed by atoms with Gasteiger partial charge in [0.2, 0.25) is 0 Å². The number of hydrogen-bond acceptors (Lipinski definition) is 2. The van der Waals surface area contributed by atoms with Crippen LogP contribution >= 0.6 is 24.0 Å². The number of nitrogens with one attached hydrogen (secondary N) is 1. The van der Waals surface area contributed by atoms with Crippen LogP contribution in [0.15, 0.2) is 23.3 Å². The van der Waals surface area contributed by atoms with Crippen LogP contribution in [0.1, 0.15) is 32.9 Å². The molecule has 0 radical (unpaired) electrons. The van der Waals surface area contributed by atoms with Crippen LogP contribution in [-0.2, 0) is 18.3 Å². The van der Waals surface area contributed by atoms with Crippen molar-refractivity contribution in [3.05, 3.63) is 24.0 Å². The summed E-state index contributed by atoms with van der Waals surface area (Å²) in [6.07, 6.45) is 3.65. The summed E-state index contributed by atoms with van der Waals surface area (Å²) in [4.78, 5) is 6.94. The van der Waals surface area contributed by atoms with Gasteiger partial charge in [-0.05, 0) is 25.5 Å². The lowest BCUT2D eigenvalue weighted by atomic mass is 9.57. The van der Waals surface area contributed by atoms with Crippen LogP contribution in [0.2, 0.25) is 0 Å². The number of aliphatic imine (C=N–C) groups is 1. The third kappa shape index (κ3) is 3.45. The van der Waals surface area contributed by atoms with E-state index in [0.717, 1.165) is 32.1 Å². The van der Waals surface area contributed by atoms with E-state index in [9.17, 15) is 0 Å². The molecule has 2 heterocycles. The van der Waals surface area contributed by atoms with Crippen molar-refractivity contribution >= 4 is 29.9 Å². The van der Waals surface area contributed by atoms with Crippen molar-refractivity contribution in [2.75, 3.05) is 20.2 Å². The third-order valence-corrected chi connectivity index (χ3v) is 5.51. The van der Waals surface area contributed by atoms with Crippen LogP contribution in [0.5, 0.6) is 0 Å². The van der Waals surface area contributed by atoms with Crippen LogP contribution in [-0.4, -0.2) is 47.8 Å². The molecule has 3 unspecified atom stereocenters. The molecule has 1 saturated heterocycles. The molecule has 5 nitrogen and oxygen atoms in total. The molecule has 1 aromatic rings. The van der Waals surface area contributed by atoms with Gasteiger partial charge in [-0.2, -0.15) is 0 Å². The van der Waals surface area contributed by atoms with Gasteiger partial charge >= 0.3 is 0 Å². The maximum atomic E-state index is 5.90. The average Bonchev–Trinajstić information content (AvgIpc) is 3.11. The van der Waals surface area contributed by atoms with E-state index in [1.165, 1.54) is 5.69 Å². The Morgan fingerprint density at radius 3 is 2.88 bits per heavy atom. The van der Waals surface area contributed by atoms with Gasteiger partial charge in [-0.3, -0.25) is 4.99 Å². The van der Waals surface area contributed by atoms with Crippen molar-refractivity contribution in [3.63, 3.8) is 0 Å². The summed E-state index contributed by atoms with van der Waals surface area (Å²) in [6, 6.07) is 4.69. The maximum Gasteiger partial charge on any atom is 0.194 e. The molecule has 0 spiro atoms. The fourth-order valence-electron chi connectivity index (χ4n) is 4.16. The van der Waals surface area contributed by atoms with Crippen molar-refractivity contribution in [1.29, 1.82) is 0 Å². The van der Waals surface area contributed by atoms with E-state index in [-0.39, 0.29) is 29.4 Å². The highest BCUT2D eigenvalue weighted by Crippen LogP contribution is 2.52. The van der Waals surface area contributed by atoms with Crippen molar-refractivity contribution in [1.82, 2.24) is 14.8 Å². The largest absolute Gasteiger partial charge is 0.377 e. The lowest BCUT2D eigenvalue weighted by Crippen LogP contribution is -2.67. The third-order valence-electron chi connectivity index (χ3n) is 5.51. The molecule has 0 aromatic carbocycles. The lowest BCUT2D eigenvalue weighted by Gasteiger charge is -2.55. The van der Waals surface area contributed by atoms with E-state index in [0.29, 0.717) is 18.1 Å². The van der Waals surface area contributed by atoms with E-state index in [2.05, 4.69) is 68.0 Å². The number of ether oxygens (including phenoxy) is 1. The second-order valence-corrected chi connectivity index (χ2v) is 7.45. The van der Waals surface area contributed by atoms with E-state index >= 15 is 0 Å². The number of hydrogen-bond donors (Lipinski definition) is 1. The Hall–Kier alpha value is -0.760. The first-order chi connectivity index (χ1) is 10.9. The highest BCUT2D eigenvalue weighted by Gasteiger charge is 2.59. The van der Waals surface area contributed by atoms with E-state index < -0.39 is 0 Å². The summed E-state index contributed by atoms with van der Waals surface area (Å²) in [7, 11) is 4.20. The summed E-state index contributed by atoms with van der Waals surface area (Å²) in [5, 5.41) is 3.73. The minimum absolute atomic E-state index is 0. The van der Waals surface area contributed by atoms with Crippen LogP contribution in [0, 0.1) is 11.3 Å². The van der Waals surface area contributed by atoms with Gasteiger partial charge in [-0.1, -0.05) is 13.8 Å². The molecule has 3 atom stereocenters. The first-order valence-electron chi connectivity index (χ1n) is 8.69. The standard InChI is InChI=1S/C18H30N4O.HI/c1-6-19-17(22(5)12-13-8-7-10-21(13)4)20-15-14-9-11-23-16(14)18(15,2)3;/h7-8,10,14-16H,6,9,11-12H2,1-5H3,(H,19,20);1H. The molecule has 136 valence electrons. The summed E-state index contributed by atoms with van der Waals surface area (Å²) < 4.78 is 8.06. The molecule has 6 heteroatoms. The van der Waals surface area contributed by atoms with Gasteiger partial charge in [0, 0.05) is 56.5 Å². The zero-order valence-corrected chi connectivity index (χ0v) is 17.8. The SMILES string of the molecule is CCN=C(NC1C2CCOC2C1(C)C)N(C)Cc1cccn1C.I. The number of aromatic nitrogens is 1. The van der Waals surface area contributed by atoms with Crippen molar-refractivity contribution in [3.8, 4) is 0 Å². The summed E-state index contributed by atoms with van der Waals surface area (Å²) in [5.74, 6) is 1.62. The molecule has 0 amide bonds. The molecule has 3 rings (SSSR count). The number of nitrogens with zero attached hydrogens (tertiary/aromatic N) is 3. The Balaban J connectivity index is 0.00000208. The first-order valence-corrected chi connectivity index (χ1v) is 8.69. The number of halogens is 1. The van der Waals surface area contributed by atoms with Crippen molar-refractivity contribution in [2.45, 2.75) is 45.9 Å². The normalized spacial score (nSPS) is 27.9. The summed E-state index contributed by atoms with van der Waals surface area (Å²) >= 11 is 0. The second kappa shape index (κ2) is 7.64. The van der Waals surface area contributed by atoms with Crippen molar-refractivity contribution in [2.24, 2.45) is 23.4 Å². The second-order valence-electron chi connectivity index (χ2n) is 7.45. The Bertz CT molecular complexity index is 583. The van der Waals surface area contributed by atoms with Gasteiger partial charge in [0.25, 0.3) is 0 Å². The monoisotopic (exact) mass is 446 g/mol. The summed E-state index contributed by atoms with van der Waals surface area (Å²) in [6.45, 7) is 9.24. The van der Waals surface area contributed by atoms with Gasteiger partial charge in [-0.15, -0.1) is 24.0 Å². The van der Waals surface area contributed by atoms with Gasteiger partial charge in [0.15, 0.2) is 5.96 Å². The molecule has 1 saturated carbocycles. The minimum Gasteiger partial charge on any atom is -0.377 e. The topological polar surface area (TPSA) is 41.8 Å². The molecule has 24 heavy (non-hydrogen) atoms. The summed E-state index contributed by atoms with van der Waals surface area (Å²) in [5.41, 5.74) is 1.45. The fraction of sp³-hybridized carbons (Fsp3) is 0.722. The van der Waals surface area contributed by atoms with E-state index in [1.54, 1.807) is 0 Å². The number of rotatable bonds is 4. The number of fused-ring (bicyclic) bond motifs is 1. The van der Waals surface area contributed by atoms with Gasteiger partial charge in [0.05, 0.1) is 12.6 Å². The molecule has 1 aliphatic heterocycles. The molecule has 0 bridgehead atoms. The molecule has 1 aromatic heterocycles. The zero-order chi connectivity index (χ0) is 16.6. The first kappa shape index (κ1) is 19.6. The van der Waals surface area contributed by atoms with Crippen LogP contribution in [0.3, 0.4) is 0 Å². The van der Waals surface area contributed by atoms with E-state index in [1.807, 2.05) is 0 Å². The maximum absolute atomic E-state index is 5.90. The van der Waals surface area contributed by atoms with Gasteiger partial charge in [-0.25, -0.2) is 0 Å². The predicted molar refractivity (Wildman–Crippen MR) is 109 cm³/mol. The fourth-order valence-corrected chi connectivity index (χ4v) is 4.16. The van der Waals surface area contributed by atoms with Gasteiger partial charge in [0.1, 0.15) is 0 Å². The Morgan fingerprint density at radius 2 is 2.25 bits per heavy atom. The Kier molecular flexibility index (Phi) is 6.23. The smallest absolute Gasteiger partial charge is 0.194 e. The van der Waals surface area contributed by atoms with Gasteiger partial charge < -0.3 is 19.5 Å². The Morgan fingerprint density at radius 1 is 1.50 bits per heavy atom. The minimum atomic E-state index is 0. The molecular weight excluding hydrogens is 415 g/mol. The number of guanidine groups is 1. The number of aryl methyl sites for hydroxylation is 1. The predicted octanol–water partition coefficient (Wildman–Crippen LogP) is 2.85. The quantitative estimate of drug-likeness (QED) is 0.440. The van der Waals surface area contributed by atoms with Crippen LogP contribution in [0.25, 0.3) is 0 Å². The van der Waals surface area contributed by atoms with Crippen molar-refractivity contribution < 1.29 is 4.74 Å². The Labute approximate surface area is 162 Å². The molecule has 2 fully saturated rings. The highest BCUT2D eigenvalue weighted by atomic mass is 127. The molecular formula is C18H31IN4O. The molecule has 1 aliphatic carbocycles. The zero-order valence-electron chi connectivity index (χ0n) is 15.5. The molecule has 1 N–H and O–H groups in total. The highest BCUT2D eigenvalue weighted by molar-refractivity contribution is 14.0.